The maximum absolute atomic E-state index is 6.03. The van der Waals surface area contributed by atoms with Crippen molar-refractivity contribution in [3.05, 3.63) is 12.7 Å². The van der Waals surface area contributed by atoms with Crippen LogP contribution in [0.3, 0.4) is 0 Å². The van der Waals surface area contributed by atoms with Crippen LogP contribution in [-0.4, -0.2) is 13.7 Å². The van der Waals surface area contributed by atoms with E-state index in [1.54, 1.807) is 0 Å². The first-order valence-corrected chi connectivity index (χ1v) is 7.24. The van der Waals surface area contributed by atoms with Gasteiger partial charge in [-0.3, -0.25) is 0 Å². The number of hydrogen-bond donors (Lipinski definition) is 1. The largest absolute Gasteiger partial charge is 0.327 e. The minimum atomic E-state index is -1.16. The first kappa shape index (κ1) is 10.9. The molecule has 2 heteroatoms. The molecule has 0 saturated carbocycles. The van der Waals surface area contributed by atoms with Crippen molar-refractivity contribution in [2.45, 2.75) is 44.6 Å². The molecule has 0 saturated heterocycles. The highest BCUT2D eigenvalue weighted by Crippen LogP contribution is 2.23. The summed E-state index contributed by atoms with van der Waals surface area (Å²) in [6, 6.07) is 3.85. The summed E-state index contributed by atoms with van der Waals surface area (Å²) in [5.41, 5.74) is 6.32. The molecule has 66 valence electrons. The smallest absolute Gasteiger partial charge is 0.0763 e. The molecule has 11 heavy (non-hydrogen) atoms. The van der Waals surface area contributed by atoms with E-state index < -0.39 is 8.07 Å². The zero-order valence-corrected chi connectivity index (χ0v) is 9.06. The minimum absolute atomic E-state index is 0.294. The van der Waals surface area contributed by atoms with Gasteiger partial charge in [0.05, 0.1) is 8.07 Å². The van der Waals surface area contributed by atoms with E-state index in [0.29, 0.717) is 5.67 Å². The molecule has 0 unspecified atom stereocenters. The van der Waals surface area contributed by atoms with E-state index >= 15 is 0 Å². The average Bonchev–Trinajstić information content (AvgIpc) is 2.08. The lowest BCUT2D eigenvalue weighted by molar-refractivity contribution is 0.989. The molecule has 1 nitrogen and oxygen atoms in total. The van der Waals surface area contributed by atoms with Crippen molar-refractivity contribution in [2.24, 2.45) is 5.73 Å². The first-order chi connectivity index (χ1) is 5.16. The Kier molecular flexibility index (Phi) is 4.69. The molecule has 0 spiro atoms. The van der Waals surface area contributed by atoms with Gasteiger partial charge < -0.3 is 5.73 Å². The molecule has 0 aromatic heterocycles. The lowest BCUT2D eigenvalue weighted by Crippen LogP contribution is -2.49. The summed E-state index contributed by atoms with van der Waals surface area (Å²) in [4.78, 5) is 0. The second-order valence-corrected chi connectivity index (χ2v) is 8.70. The molecule has 0 amide bonds. The van der Waals surface area contributed by atoms with Crippen molar-refractivity contribution in [1.82, 2.24) is 0 Å². The van der Waals surface area contributed by atoms with Gasteiger partial charge in [-0.1, -0.05) is 45.0 Å². The molecule has 0 aliphatic heterocycles. The monoisotopic (exact) mass is 171 g/mol. The molecule has 2 N–H and O–H groups in total. The van der Waals surface area contributed by atoms with Crippen molar-refractivity contribution >= 4 is 8.07 Å². The Balaban J connectivity index is 4.38. The Labute approximate surface area is 71.7 Å². The average molecular weight is 171 g/mol. The predicted octanol–water partition coefficient (Wildman–Crippen LogP) is 2.55. The molecule has 0 rings (SSSR count). The molecule has 1 atom stereocenters. The fourth-order valence-electron chi connectivity index (χ4n) is 1.71. The molecular weight excluding hydrogens is 150 g/mol. The summed E-state index contributed by atoms with van der Waals surface area (Å²) in [6.45, 7) is 10.6. The Morgan fingerprint density at radius 3 is 1.73 bits per heavy atom. The summed E-state index contributed by atoms with van der Waals surface area (Å²) < 4.78 is 0. The third kappa shape index (κ3) is 2.17. The van der Waals surface area contributed by atoms with Crippen molar-refractivity contribution in [3.8, 4) is 0 Å². The Morgan fingerprint density at radius 1 is 1.27 bits per heavy atom. The molecule has 0 aromatic rings. The lowest BCUT2D eigenvalue weighted by Gasteiger charge is -2.32. The van der Waals surface area contributed by atoms with E-state index in [-0.39, 0.29) is 0 Å². The summed E-state index contributed by atoms with van der Waals surface area (Å²) in [6.07, 6.45) is 1.93. The third-order valence-corrected chi connectivity index (χ3v) is 8.95. The SMILES string of the molecule is C=C[C@@H](N)[Si](CC)(CC)CC. The molecule has 0 fully saturated rings. The highest BCUT2D eigenvalue weighted by Gasteiger charge is 2.31. The molecular formula is C9H21NSi. The summed E-state index contributed by atoms with van der Waals surface area (Å²) in [5.74, 6) is 0. The van der Waals surface area contributed by atoms with Gasteiger partial charge >= 0.3 is 0 Å². The zero-order chi connectivity index (χ0) is 8.91. The standard InChI is InChI=1S/C9H21NSi/c1-5-9(10)11(6-2,7-3)8-4/h5,9H,1,6-8,10H2,2-4H3/t9-/m0/s1. The van der Waals surface area contributed by atoms with Gasteiger partial charge in [0.2, 0.25) is 0 Å². The Morgan fingerprint density at radius 2 is 1.64 bits per heavy atom. The van der Waals surface area contributed by atoms with Gasteiger partial charge in [0, 0.05) is 5.67 Å². The fourth-order valence-corrected chi connectivity index (χ4v) is 5.12. The highest BCUT2D eigenvalue weighted by molar-refractivity contribution is 6.81. The van der Waals surface area contributed by atoms with Crippen molar-refractivity contribution < 1.29 is 0 Å². The summed E-state index contributed by atoms with van der Waals surface area (Å²) in [7, 11) is -1.16. The van der Waals surface area contributed by atoms with Gasteiger partial charge in [-0.2, -0.15) is 0 Å². The van der Waals surface area contributed by atoms with Gasteiger partial charge in [0.1, 0.15) is 0 Å². The number of hydrogen-bond acceptors (Lipinski definition) is 1. The Hall–Kier alpha value is -0.0831. The molecule has 0 radical (unpaired) electrons. The van der Waals surface area contributed by atoms with Crippen LogP contribution in [0.15, 0.2) is 12.7 Å². The fraction of sp³-hybridized carbons (Fsp3) is 0.778. The zero-order valence-electron chi connectivity index (χ0n) is 8.06. The van der Waals surface area contributed by atoms with Crippen LogP contribution >= 0.6 is 0 Å². The quantitative estimate of drug-likeness (QED) is 0.499. The van der Waals surface area contributed by atoms with E-state index in [1.165, 1.54) is 18.1 Å². The molecule has 0 aromatic carbocycles. The van der Waals surface area contributed by atoms with E-state index in [0.717, 1.165) is 0 Å². The molecule has 0 bridgehead atoms. The normalized spacial score (nSPS) is 14.5. The second kappa shape index (κ2) is 4.73. The molecule has 0 aliphatic carbocycles. The van der Waals surface area contributed by atoms with Crippen LogP contribution in [0.25, 0.3) is 0 Å². The van der Waals surface area contributed by atoms with Crippen LogP contribution in [-0.2, 0) is 0 Å². The maximum atomic E-state index is 6.03. The van der Waals surface area contributed by atoms with E-state index in [4.69, 9.17) is 5.73 Å². The van der Waals surface area contributed by atoms with Gasteiger partial charge in [0.15, 0.2) is 0 Å². The van der Waals surface area contributed by atoms with Crippen LogP contribution in [0, 0.1) is 0 Å². The van der Waals surface area contributed by atoms with Crippen LogP contribution in [0.1, 0.15) is 20.8 Å². The van der Waals surface area contributed by atoms with Crippen LogP contribution in [0.5, 0.6) is 0 Å². The lowest BCUT2D eigenvalue weighted by atomic mass is 10.6. The van der Waals surface area contributed by atoms with Crippen LogP contribution < -0.4 is 5.73 Å². The predicted molar refractivity (Wildman–Crippen MR) is 55.4 cm³/mol. The van der Waals surface area contributed by atoms with Crippen LogP contribution in [0.4, 0.5) is 0 Å². The number of rotatable bonds is 5. The van der Waals surface area contributed by atoms with Gasteiger partial charge in [-0.15, -0.1) is 6.58 Å². The van der Waals surface area contributed by atoms with Crippen molar-refractivity contribution in [3.63, 3.8) is 0 Å². The maximum Gasteiger partial charge on any atom is 0.0763 e. The van der Waals surface area contributed by atoms with Crippen molar-refractivity contribution in [2.75, 3.05) is 0 Å². The third-order valence-electron chi connectivity index (χ3n) is 3.07. The van der Waals surface area contributed by atoms with E-state index in [9.17, 15) is 0 Å². The second-order valence-electron chi connectivity index (χ2n) is 3.18. The van der Waals surface area contributed by atoms with Gasteiger partial charge in [0.25, 0.3) is 0 Å². The Bertz CT molecular complexity index is 110. The first-order valence-electron chi connectivity index (χ1n) is 4.55. The van der Waals surface area contributed by atoms with Gasteiger partial charge in [-0.25, -0.2) is 0 Å². The topological polar surface area (TPSA) is 26.0 Å². The molecule has 0 heterocycles. The summed E-state index contributed by atoms with van der Waals surface area (Å²) in [5, 5.41) is 0. The highest BCUT2D eigenvalue weighted by atomic mass is 28.3. The van der Waals surface area contributed by atoms with Crippen LogP contribution in [0.2, 0.25) is 18.1 Å². The van der Waals surface area contributed by atoms with E-state index in [2.05, 4.69) is 27.4 Å². The van der Waals surface area contributed by atoms with E-state index in [1.807, 2.05) is 6.08 Å². The van der Waals surface area contributed by atoms with Gasteiger partial charge in [-0.05, 0) is 0 Å². The number of nitrogens with two attached hydrogens (primary N) is 1. The summed E-state index contributed by atoms with van der Waals surface area (Å²) >= 11 is 0. The van der Waals surface area contributed by atoms with Crippen molar-refractivity contribution in [1.29, 1.82) is 0 Å². The minimum Gasteiger partial charge on any atom is -0.327 e. The molecule has 0 aliphatic rings.